The fraction of sp³-hybridized carbons (Fsp3) is 0.182. The zero-order valence-corrected chi connectivity index (χ0v) is 10.1. The summed E-state index contributed by atoms with van der Waals surface area (Å²) in [6, 6.07) is 4.36. The van der Waals surface area contributed by atoms with Crippen molar-refractivity contribution in [1.29, 1.82) is 0 Å². The Balaban J connectivity index is 0.000000396. The maximum atomic E-state index is 4.64. The van der Waals surface area contributed by atoms with E-state index in [0.29, 0.717) is 0 Å². The zero-order valence-electron chi connectivity index (χ0n) is 7.76. The van der Waals surface area contributed by atoms with Crippen LogP contribution in [0.4, 0.5) is 0 Å². The van der Waals surface area contributed by atoms with Crippen LogP contribution in [0.3, 0.4) is 0 Å². The third-order valence-corrected chi connectivity index (χ3v) is 2.25. The van der Waals surface area contributed by atoms with Crippen molar-refractivity contribution >= 4 is 15.4 Å². The summed E-state index contributed by atoms with van der Waals surface area (Å²) in [5.74, 6) is 0. The Morgan fingerprint density at radius 2 is 1.54 bits per heavy atom. The first-order valence-electron chi connectivity index (χ1n) is 4.09. The summed E-state index contributed by atoms with van der Waals surface area (Å²) in [5.41, 5.74) is 5.53. The molecule has 0 heterocycles. The average molecular weight is 227 g/mol. The fourth-order valence-electron chi connectivity index (χ4n) is 1.54. The molecule has 1 aromatic rings. The van der Waals surface area contributed by atoms with Crippen LogP contribution in [0, 0.1) is 20.3 Å². The van der Waals surface area contributed by atoms with Gasteiger partial charge in [0.05, 0.1) is 0 Å². The van der Waals surface area contributed by atoms with Gasteiger partial charge >= 0.3 is 28.7 Å². The van der Waals surface area contributed by atoms with Crippen molar-refractivity contribution in [3.8, 4) is 0 Å². The summed E-state index contributed by atoms with van der Waals surface area (Å²) in [7, 11) is 4.64. The monoisotopic (exact) mass is 226 g/mol. The standard InChI is InChI=1S/C11H11.ClH.Ti/c1-8-6-7-9(2)11-5-3-4-10(8)11;;/h3-7H,1-2H3;1H;/q;;+1/p-1. The minimum absolute atomic E-state index is 1.37. The topological polar surface area (TPSA) is 0 Å². The van der Waals surface area contributed by atoms with E-state index in [1.807, 2.05) is 0 Å². The summed E-state index contributed by atoms with van der Waals surface area (Å²) in [4.78, 5) is 0. The van der Waals surface area contributed by atoms with Gasteiger partial charge in [0, 0.05) is 6.42 Å². The average Bonchev–Trinajstić information content (AvgIpc) is 2.64. The molecule has 66 valence electrons. The molecule has 13 heavy (non-hydrogen) atoms. The van der Waals surface area contributed by atoms with Crippen molar-refractivity contribution in [3.63, 3.8) is 0 Å². The molecule has 1 aliphatic rings. The number of rotatable bonds is 0. The predicted octanol–water partition coefficient (Wildman–Crippen LogP) is 3.57. The van der Waals surface area contributed by atoms with E-state index in [1.54, 1.807) is 0 Å². The minimum atomic E-state index is 1.37. The van der Waals surface area contributed by atoms with Crippen molar-refractivity contribution in [3.05, 3.63) is 46.9 Å². The van der Waals surface area contributed by atoms with Crippen molar-refractivity contribution < 1.29 is 19.4 Å². The first-order chi connectivity index (χ1) is 6.29. The first-order valence-corrected chi connectivity index (χ1v) is 6.24. The van der Waals surface area contributed by atoms with Gasteiger partial charge < -0.3 is 0 Å². The van der Waals surface area contributed by atoms with Crippen LogP contribution < -0.4 is 0 Å². The molecule has 0 spiro atoms. The molecular weight excluding hydrogens is 215 g/mol. The van der Waals surface area contributed by atoms with E-state index in [4.69, 9.17) is 0 Å². The van der Waals surface area contributed by atoms with E-state index < -0.39 is 0 Å². The Kier molecular flexibility index (Phi) is 4.24. The molecule has 0 fully saturated rings. The molecule has 0 aromatic heterocycles. The van der Waals surface area contributed by atoms with E-state index in [9.17, 15) is 0 Å². The van der Waals surface area contributed by atoms with Gasteiger partial charge in [-0.1, -0.05) is 24.3 Å². The normalized spacial score (nSPS) is 11.8. The van der Waals surface area contributed by atoms with Gasteiger partial charge in [0.1, 0.15) is 0 Å². The molecule has 0 N–H and O–H groups in total. The zero-order chi connectivity index (χ0) is 9.84. The molecule has 0 aliphatic heterocycles. The molecule has 2 rings (SSSR count). The second-order valence-electron chi connectivity index (χ2n) is 3.05. The second-order valence-corrected chi connectivity index (χ2v) is 3.05. The SMILES string of the molecule is Cc1ccc(C)c2c1[CH]C=C2.[Cl][Ti]. The van der Waals surface area contributed by atoms with Gasteiger partial charge in [0.2, 0.25) is 0 Å². The second kappa shape index (κ2) is 5.00. The van der Waals surface area contributed by atoms with Gasteiger partial charge in [-0.2, -0.15) is 0 Å². The maximum absolute atomic E-state index is 4.64. The van der Waals surface area contributed by atoms with Gasteiger partial charge in [-0.15, -0.1) is 0 Å². The van der Waals surface area contributed by atoms with E-state index in [-0.39, 0.29) is 0 Å². The number of aryl methyl sites for hydroxylation is 2. The number of allylic oxidation sites excluding steroid dienone is 1. The molecule has 1 aromatic carbocycles. The van der Waals surface area contributed by atoms with Crippen LogP contribution in [0.15, 0.2) is 18.2 Å². The Morgan fingerprint density at radius 1 is 1.00 bits per heavy atom. The van der Waals surface area contributed by atoms with Crippen molar-refractivity contribution in [2.75, 3.05) is 0 Å². The quantitative estimate of drug-likeness (QED) is 0.593. The molecule has 0 atom stereocenters. The predicted molar refractivity (Wildman–Crippen MR) is 54.2 cm³/mol. The molecule has 0 amide bonds. The van der Waals surface area contributed by atoms with E-state index >= 15 is 0 Å². The van der Waals surface area contributed by atoms with Crippen molar-refractivity contribution in [2.24, 2.45) is 0 Å². The van der Waals surface area contributed by atoms with Crippen LogP contribution in [-0.2, 0) is 19.4 Å². The fourth-order valence-corrected chi connectivity index (χ4v) is 1.54. The third kappa shape index (κ3) is 2.25. The molecule has 0 unspecified atom stereocenters. The van der Waals surface area contributed by atoms with E-state index in [2.05, 4.69) is 53.9 Å². The molecule has 0 saturated heterocycles. The summed E-state index contributed by atoms with van der Waals surface area (Å²) >= 11 is 1.47. The van der Waals surface area contributed by atoms with Crippen LogP contribution >= 0.6 is 9.30 Å². The van der Waals surface area contributed by atoms with Crippen LogP contribution in [-0.4, -0.2) is 0 Å². The Morgan fingerprint density at radius 3 is 2.08 bits per heavy atom. The molecular formula is C11H11ClTi. The van der Waals surface area contributed by atoms with Gasteiger partial charge in [-0.05, 0) is 36.1 Å². The molecule has 2 heteroatoms. The third-order valence-electron chi connectivity index (χ3n) is 2.25. The molecule has 0 bridgehead atoms. The number of hydrogen-bond acceptors (Lipinski definition) is 0. The van der Waals surface area contributed by atoms with Crippen LogP contribution in [0.25, 0.3) is 6.08 Å². The Labute approximate surface area is 95.3 Å². The molecule has 0 nitrogen and oxygen atoms in total. The van der Waals surface area contributed by atoms with Gasteiger partial charge in [-0.3, -0.25) is 0 Å². The Bertz CT molecular complexity index is 329. The number of halogens is 1. The molecule has 1 radical (unpaired) electrons. The van der Waals surface area contributed by atoms with Gasteiger partial charge in [-0.25, -0.2) is 0 Å². The summed E-state index contributed by atoms with van der Waals surface area (Å²) in [5, 5.41) is 0. The van der Waals surface area contributed by atoms with Crippen molar-refractivity contribution in [2.45, 2.75) is 13.8 Å². The summed E-state index contributed by atoms with van der Waals surface area (Å²) in [6.07, 6.45) is 6.47. The first kappa shape index (κ1) is 11.0. The summed E-state index contributed by atoms with van der Waals surface area (Å²) < 4.78 is 0. The van der Waals surface area contributed by atoms with Gasteiger partial charge in [0.25, 0.3) is 0 Å². The number of hydrogen-bond donors (Lipinski definition) is 0. The van der Waals surface area contributed by atoms with Crippen LogP contribution in [0.1, 0.15) is 22.3 Å². The number of fused-ring (bicyclic) bond motifs is 1. The van der Waals surface area contributed by atoms with Crippen molar-refractivity contribution in [1.82, 2.24) is 0 Å². The van der Waals surface area contributed by atoms with E-state index in [1.165, 1.54) is 41.6 Å². The van der Waals surface area contributed by atoms with Crippen LogP contribution in [0.2, 0.25) is 0 Å². The van der Waals surface area contributed by atoms with Gasteiger partial charge in [0.15, 0.2) is 0 Å². The van der Waals surface area contributed by atoms with E-state index in [0.717, 1.165) is 0 Å². The van der Waals surface area contributed by atoms with Crippen LogP contribution in [0.5, 0.6) is 0 Å². The Hall–Kier alpha value is -0.0357. The number of benzene rings is 1. The molecule has 1 aliphatic carbocycles. The summed E-state index contributed by atoms with van der Waals surface area (Å²) in [6.45, 7) is 4.31. The molecule has 0 saturated carbocycles.